The Hall–Kier alpha value is -3.40. The fraction of sp³-hybridized carbons (Fsp3) is 0.538. The molecule has 0 aliphatic heterocycles. The fourth-order valence-electron chi connectivity index (χ4n) is 2.97. The summed E-state index contributed by atoms with van der Waals surface area (Å²) in [5.41, 5.74) is 0.0379. The predicted octanol–water partition coefficient (Wildman–Crippen LogP) is 3.06. The van der Waals surface area contributed by atoms with E-state index in [9.17, 15) is 20.2 Å². The topological polar surface area (TPSA) is 160 Å². The Morgan fingerprint density at radius 1 is 0.400 bits per heavy atom. The molecule has 14 heteroatoms. The Kier molecular flexibility index (Phi) is 17.6. The van der Waals surface area contributed by atoms with Crippen LogP contribution in [0.5, 0.6) is 11.5 Å². The van der Waals surface area contributed by atoms with E-state index in [0.717, 1.165) is 0 Å². The zero-order valence-electron chi connectivity index (χ0n) is 22.3. The van der Waals surface area contributed by atoms with Crippen LogP contribution in [0, 0.1) is 20.2 Å². The van der Waals surface area contributed by atoms with Gasteiger partial charge in [0.1, 0.15) is 24.7 Å². The summed E-state index contributed by atoms with van der Waals surface area (Å²) in [5, 5.41) is 21.2. The highest BCUT2D eigenvalue weighted by molar-refractivity contribution is 5.36. The summed E-state index contributed by atoms with van der Waals surface area (Å²) < 4.78 is 43.4. The van der Waals surface area contributed by atoms with Gasteiger partial charge in [-0.25, -0.2) is 0 Å². The minimum absolute atomic E-state index is 0.0190. The summed E-state index contributed by atoms with van der Waals surface area (Å²) in [7, 11) is 0. The molecule has 0 saturated carbocycles. The lowest BCUT2D eigenvalue weighted by molar-refractivity contribution is -0.385. The molecule has 40 heavy (non-hydrogen) atoms. The van der Waals surface area contributed by atoms with Gasteiger partial charge < -0.3 is 37.9 Å². The van der Waals surface area contributed by atoms with E-state index in [1.165, 1.54) is 24.3 Å². The third-order valence-corrected chi connectivity index (χ3v) is 4.95. The normalized spacial score (nSPS) is 10.9. The molecule has 0 aliphatic carbocycles. The fourth-order valence-corrected chi connectivity index (χ4v) is 2.97. The van der Waals surface area contributed by atoms with Crippen LogP contribution in [-0.4, -0.2) is 102 Å². The number of nitro benzene ring substituents is 2. The van der Waals surface area contributed by atoms with Gasteiger partial charge in [0.25, 0.3) is 11.4 Å². The van der Waals surface area contributed by atoms with Gasteiger partial charge in [0.15, 0.2) is 0 Å². The Labute approximate surface area is 232 Å². The van der Waals surface area contributed by atoms with Crippen LogP contribution in [0.25, 0.3) is 0 Å². The average molecular weight is 569 g/mol. The van der Waals surface area contributed by atoms with Gasteiger partial charge in [-0.2, -0.15) is 0 Å². The lowest BCUT2D eigenvalue weighted by atomic mass is 10.3. The first-order chi connectivity index (χ1) is 19.6. The predicted molar refractivity (Wildman–Crippen MR) is 142 cm³/mol. The second-order valence-corrected chi connectivity index (χ2v) is 7.87. The van der Waals surface area contributed by atoms with Gasteiger partial charge in [0.2, 0.25) is 0 Å². The molecule has 222 valence electrons. The summed E-state index contributed by atoms with van der Waals surface area (Å²) in [4.78, 5) is 20.3. The first-order valence-electron chi connectivity index (χ1n) is 12.8. The first-order valence-corrected chi connectivity index (χ1v) is 12.8. The van der Waals surface area contributed by atoms with Crippen LogP contribution in [-0.2, 0) is 28.4 Å². The van der Waals surface area contributed by atoms with Crippen molar-refractivity contribution in [3.05, 3.63) is 68.8 Å². The molecule has 0 saturated heterocycles. The molecule has 0 amide bonds. The molecule has 0 atom stereocenters. The molecule has 0 radical (unpaired) electrons. The molecule has 0 unspecified atom stereocenters. The molecular weight excluding hydrogens is 532 g/mol. The second kappa shape index (κ2) is 21.4. The summed E-state index contributed by atoms with van der Waals surface area (Å²) in [5.74, 6) is 1.10. The number of benzene rings is 2. The molecule has 14 nitrogen and oxygen atoms in total. The molecule has 2 rings (SSSR count). The number of rotatable bonds is 25. The van der Waals surface area contributed by atoms with Crippen molar-refractivity contribution in [2.45, 2.75) is 0 Å². The molecule has 0 spiro atoms. The lowest BCUT2D eigenvalue weighted by Gasteiger charge is -2.09. The third-order valence-electron chi connectivity index (χ3n) is 4.95. The van der Waals surface area contributed by atoms with Crippen molar-refractivity contribution in [2.24, 2.45) is 0 Å². The van der Waals surface area contributed by atoms with Gasteiger partial charge in [-0.1, -0.05) is 0 Å². The van der Waals surface area contributed by atoms with E-state index in [1.807, 2.05) is 0 Å². The van der Waals surface area contributed by atoms with Gasteiger partial charge in [-0.05, 0) is 24.3 Å². The molecule has 0 aromatic heterocycles. The van der Waals surface area contributed by atoms with E-state index in [-0.39, 0.29) is 11.4 Å². The summed E-state index contributed by atoms with van der Waals surface area (Å²) in [6, 6.07) is 11.8. The summed E-state index contributed by atoms with van der Waals surface area (Å²) >= 11 is 0. The third kappa shape index (κ3) is 15.9. The smallest absolute Gasteiger partial charge is 0.269 e. The Morgan fingerprint density at radius 2 is 0.625 bits per heavy atom. The van der Waals surface area contributed by atoms with E-state index in [1.54, 1.807) is 24.3 Å². The Balaban J connectivity index is 1.24. The maximum Gasteiger partial charge on any atom is 0.269 e. The standard InChI is InChI=1S/C26H36N2O12/c29-27(30)23-1-5-25(6-2-23)39-21-19-37-17-15-35-13-11-33-9-10-34-12-14-36-16-18-38-20-22-40-26-7-3-24(4-8-26)28(31)32/h1-8H,9-22H2. The van der Waals surface area contributed by atoms with E-state index >= 15 is 0 Å². The maximum atomic E-state index is 10.6. The van der Waals surface area contributed by atoms with Crippen molar-refractivity contribution < 1.29 is 47.7 Å². The molecule has 0 heterocycles. The molecule has 2 aromatic rings. The van der Waals surface area contributed by atoms with Crippen molar-refractivity contribution in [3.8, 4) is 11.5 Å². The highest BCUT2D eigenvalue weighted by Crippen LogP contribution is 2.18. The zero-order chi connectivity index (χ0) is 28.7. The van der Waals surface area contributed by atoms with E-state index in [2.05, 4.69) is 0 Å². The van der Waals surface area contributed by atoms with E-state index < -0.39 is 9.85 Å². The number of ether oxygens (including phenoxy) is 8. The molecule has 0 fully saturated rings. The van der Waals surface area contributed by atoms with Gasteiger partial charge >= 0.3 is 0 Å². The van der Waals surface area contributed by atoms with E-state index in [0.29, 0.717) is 104 Å². The van der Waals surface area contributed by atoms with Crippen LogP contribution in [0.2, 0.25) is 0 Å². The maximum absolute atomic E-state index is 10.6. The number of nitrogens with zero attached hydrogens (tertiary/aromatic N) is 2. The minimum atomic E-state index is -0.459. The number of non-ortho nitro benzene ring substituents is 2. The van der Waals surface area contributed by atoms with Gasteiger partial charge in [-0.3, -0.25) is 20.2 Å². The van der Waals surface area contributed by atoms with Crippen molar-refractivity contribution in [3.63, 3.8) is 0 Å². The number of hydrogen-bond donors (Lipinski definition) is 0. The number of nitro groups is 2. The Bertz CT molecular complexity index is 866. The van der Waals surface area contributed by atoms with Gasteiger partial charge in [-0.15, -0.1) is 0 Å². The molecular formula is C26H36N2O12. The molecule has 2 aromatic carbocycles. The SMILES string of the molecule is O=[N+]([O-])c1ccc(OCCOCCOCCOCCOCCOCCOCCOc2ccc([N+](=O)[O-])cc2)cc1. The zero-order valence-corrected chi connectivity index (χ0v) is 22.3. The van der Waals surface area contributed by atoms with Crippen LogP contribution < -0.4 is 9.47 Å². The largest absolute Gasteiger partial charge is 0.491 e. The van der Waals surface area contributed by atoms with Crippen molar-refractivity contribution in [1.29, 1.82) is 0 Å². The summed E-state index contributed by atoms with van der Waals surface area (Å²) in [6.07, 6.45) is 0. The van der Waals surface area contributed by atoms with Crippen LogP contribution in [0.3, 0.4) is 0 Å². The Morgan fingerprint density at radius 3 is 0.850 bits per heavy atom. The first kappa shape index (κ1) is 32.8. The molecule has 0 aliphatic rings. The van der Waals surface area contributed by atoms with Crippen molar-refractivity contribution >= 4 is 11.4 Å². The van der Waals surface area contributed by atoms with Gasteiger partial charge in [0, 0.05) is 24.3 Å². The van der Waals surface area contributed by atoms with Crippen LogP contribution in [0.4, 0.5) is 11.4 Å². The van der Waals surface area contributed by atoms with Crippen molar-refractivity contribution in [1.82, 2.24) is 0 Å². The average Bonchev–Trinajstić information content (AvgIpc) is 2.96. The van der Waals surface area contributed by atoms with Crippen LogP contribution in [0.15, 0.2) is 48.5 Å². The van der Waals surface area contributed by atoms with Crippen molar-refractivity contribution in [2.75, 3.05) is 92.5 Å². The molecule has 0 N–H and O–H groups in total. The summed E-state index contributed by atoms with van der Waals surface area (Å²) in [6.45, 7) is 5.87. The molecule has 0 bridgehead atoms. The highest BCUT2D eigenvalue weighted by atomic mass is 16.6. The van der Waals surface area contributed by atoms with Gasteiger partial charge in [0.05, 0.1) is 89.1 Å². The lowest BCUT2D eigenvalue weighted by Crippen LogP contribution is -2.15. The minimum Gasteiger partial charge on any atom is -0.491 e. The quantitative estimate of drug-likeness (QED) is 0.0980. The number of hydrogen-bond acceptors (Lipinski definition) is 12. The van der Waals surface area contributed by atoms with Crippen LogP contribution in [0.1, 0.15) is 0 Å². The van der Waals surface area contributed by atoms with Crippen LogP contribution >= 0.6 is 0 Å². The monoisotopic (exact) mass is 568 g/mol. The van der Waals surface area contributed by atoms with E-state index in [4.69, 9.17) is 37.9 Å². The highest BCUT2D eigenvalue weighted by Gasteiger charge is 2.05. The second-order valence-electron chi connectivity index (χ2n) is 7.87.